The fourth-order valence-electron chi connectivity index (χ4n) is 4.95. The molecule has 4 heteroatoms. The van der Waals surface area contributed by atoms with Crippen LogP contribution in [0.5, 0.6) is 11.5 Å². The molecule has 2 aromatic carbocycles. The molecule has 1 unspecified atom stereocenters. The van der Waals surface area contributed by atoms with Crippen LogP contribution in [0.2, 0.25) is 0 Å². The Balaban J connectivity index is 1.15. The largest absolute Gasteiger partial charge is 0.486 e. The first-order valence-corrected chi connectivity index (χ1v) is 10.8. The average Bonchev–Trinajstić information content (AvgIpc) is 2.77. The van der Waals surface area contributed by atoms with Gasteiger partial charge in [0, 0.05) is 37.9 Å². The summed E-state index contributed by atoms with van der Waals surface area (Å²) in [5.41, 5.74) is 4.45. The van der Waals surface area contributed by atoms with Crippen LogP contribution >= 0.6 is 0 Å². The van der Waals surface area contributed by atoms with Crippen molar-refractivity contribution in [1.82, 2.24) is 4.90 Å². The number of nitrogens with zero attached hydrogens (tertiary/aromatic N) is 2. The van der Waals surface area contributed by atoms with Gasteiger partial charge in [0.25, 0.3) is 0 Å². The van der Waals surface area contributed by atoms with Gasteiger partial charge in [-0.3, -0.25) is 4.90 Å². The third kappa shape index (κ3) is 3.70. The Morgan fingerprint density at radius 2 is 1.71 bits per heavy atom. The maximum atomic E-state index is 5.75. The van der Waals surface area contributed by atoms with E-state index in [4.69, 9.17) is 9.47 Å². The molecule has 0 radical (unpaired) electrons. The topological polar surface area (TPSA) is 24.9 Å². The van der Waals surface area contributed by atoms with E-state index in [0.717, 1.165) is 43.6 Å². The number of aryl methyl sites for hydroxylation is 1. The molecule has 1 aliphatic carbocycles. The summed E-state index contributed by atoms with van der Waals surface area (Å²) in [5, 5.41) is 0. The first-order valence-electron chi connectivity index (χ1n) is 10.8. The Bertz CT molecular complexity index is 814. The molecule has 5 rings (SSSR count). The smallest absolute Gasteiger partial charge is 0.163 e. The molecule has 0 amide bonds. The fourth-order valence-corrected chi connectivity index (χ4v) is 4.95. The fraction of sp³-hybridized carbons (Fsp3) is 0.500. The maximum absolute atomic E-state index is 5.75. The Morgan fingerprint density at radius 1 is 0.893 bits per heavy atom. The van der Waals surface area contributed by atoms with Crippen molar-refractivity contribution in [2.75, 3.05) is 50.8 Å². The van der Waals surface area contributed by atoms with Crippen LogP contribution in [0.3, 0.4) is 0 Å². The van der Waals surface area contributed by atoms with E-state index in [1.54, 1.807) is 11.1 Å². The van der Waals surface area contributed by atoms with Crippen LogP contribution in [0.4, 0.5) is 5.69 Å². The number of benzene rings is 2. The van der Waals surface area contributed by atoms with Gasteiger partial charge >= 0.3 is 0 Å². The summed E-state index contributed by atoms with van der Waals surface area (Å²) in [6, 6.07) is 15.5. The van der Waals surface area contributed by atoms with E-state index in [9.17, 15) is 0 Å². The molecule has 0 N–H and O–H groups in total. The highest BCUT2D eigenvalue weighted by Crippen LogP contribution is 2.35. The summed E-state index contributed by atoms with van der Waals surface area (Å²) in [6.07, 6.45) is 5.26. The van der Waals surface area contributed by atoms with Crippen molar-refractivity contribution >= 4 is 5.69 Å². The summed E-state index contributed by atoms with van der Waals surface area (Å²) >= 11 is 0. The zero-order valence-electron chi connectivity index (χ0n) is 16.6. The van der Waals surface area contributed by atoms with Crippen molar-refractivity contribution in [2.24, 2.45) is 0 Å². The first kappa shape index (κ1) is 17.9. The van der Waals surface area contributed by atoms with Gasteiger partial charge < -0.3 is 14.4 Å². The number of piperazine rings is 1. The molecule has 3 aliphatic rings. The van der Waals surface area contributed by atoms with Crippen molar-refractivity contribution in [3.63, 3.8) is 0 Å². The number of ether oxygens (including phenoxy) is 2. The molecular weight excluding hydrogens is 348 g/mol. The summed E-state index contributed by atoms with van der Waals surface area (Å²) in [4.78, 5) is 5.12. The van der Waals surface area contributed by atoms with Gasteiger partial charge in [-0.1, -0.05) is 24.3 Å². The number of hydrogen-bond acceptors (Lipinski definition) is 4. The Morgan fingerprint density at radius 3 is 2.61 bits per heavy atom. The number of fused-ring (bicyclic) bond motifs is 2. The third-order valence-electron chi connectivity index (χ3n) is 6.55. The molecule has 148 valence electrons. The van der Waals surface area contributed by atoms with E-state index in [1.807, 2.05) is 0 Å². The van der Waals surface area contributed by atoms with Crippen LogP contribution in [-0.2, 0) is 6.42 Å². The SMILES string of the molecule is c1ccc2c(c1)CCCC2CCN1CCN(c2ccc3c(c2)OCCO3)CC1. The lowest BCUT2D eigenvalue weighted by molar-refractivity contribution is 0.171. The second-order valence-corrected chi connectivity index (χ2v) is 8.23. The van der Waals surface area contributed by atoms with E-state index in [1.165, 1.54) is 37.9 Å². The van der Waals surface area contributed by atoms with Crippen molar-refractivity contribution in [3.05, 3.63) is 53.6 Å². The van der Waals surface area contributed by atoms with Crippen LogP contribution in [0.25, 0.3) is 0 Å². The lowest BCUT2D eigenvalue weighted by atomic mass is 9.81. The summed E-state index contributed by atoms with van der Waals surface area (Å²) in [7, 11) is 0. The highest BCUT2D eigenvalue weighted by atomic mass is 16.6. The molecule has 2 heterocycles. The second kappa shape index (κ2) is 8.04. The molecular formula is C24H30N2O2. The van der Waals surface area contributed by atoms with Crippen LogP contribution in [0.1, 0.15) is 36.3 Å². The Kier molecular flexibility index (Phi) is 5.13. The maximum Gasteiger partial charge on any atom is 0.163 e. The van der Waals surface area contributed by atoms with Gasteiger partial charge in [-0.15, -0.1) is 0 Å². The van der Waals surface area contributed by atoms with Gasteiger partial charge in [0.1, 0.15) is 13.2 Å². The van der Waals surface area contributed by atoms with Crippen molar-refractivity contribution in [1.29, 1.82) is 0 Å². The molecule has 1 fully saturated rings. The number of hydrogen-bond donors (Lipinski definition) is 0. The molecule has 4 nitrogen and oxygen atoms in total. The normalized spacial score (nSPS) is 22.0. The molecule has 0 aromatic heterocycles. The minimum absolute atomic E-state index is 0.647. The summed E-state index contributed by atoms with van der Waals surface area (Å²) in [5.74, 6) is 2.52. The molecule has 1 atom stereocenters. The molecule has 2 aliphatic heterocycles. The van der Waals surface area contributed by atoms with Gasteiger partial charge in [-0.05, 0) is 61.4 Å². The second-order valence-electron chi connectivity index (χ2n) is 8.23. The van der Waals surface area contributed by atoms with Crippen molar-refractivity contribution in [2.45, 2.75) is 31.6 Å². The lowest BCUT2D eigenvalue weighted by Gasteiger charge is -2.37. The van der Waals surface area contributed by atoms with Gasteiger partial charge in [-0.2, -0.15) is 0 Å². The van der Waals surface area contributed by atoms with Gasteiger partial charge in [-0.25, -0.2) is 0 Å². The van der Waals surface area contributed by atoms with Crippen LogP contribution in [-0.4, -0.2) is 50.8 Å². The van der Waals surface area contributed by atoms with Crippen LogP contribution in [0, 0.1) is 0 Å². The van der Waals surface area contributed by atoms with Gasteiger partial charge in [0.15, 0.2) is 11.5 Å². The zero-order valence-corrected chi connectivity index (χ0v) is 16.6. The number of rotatable bonds is 4. The monoisotopic (exact) mass is 378 g/mol. The van der Waals surface area contributed by atoms with Gasteiger partial charge in [0.05, 0.1) is 0 Å². The zero-order chi connectivity index (χ0) is 18.8. The molecule has 0 bridgehead atoms. The van der Waals surface area contributed by atoms with E-state index in [-0.39, 0.29) is 0 Å². The minimum atomic E-state index is 0.647. The average molecular weight is 379 g/mol. The molecule has 0 saturated carbocycles. The predicted octanol–water partition coefficient (Wildman–Crippen LogP) is 4.09. The molecule has 28 heavy (non-hydrogen) atoms. The van der Waals surface area contributed by atoms with E-state index in [0.29, 0.717) is 13.2 Å². The molecule has 1 saturated heterocycles. The highest BCUT2D eigenvalue weighted by molar-refractivity contribution is 5.57. The minimum Gasteiger partial charge on any atom is -0.486 e. The van der Waals surface area contributed by atoms with Crippen LogP contribution in [0.15, 0.2) is 42.5 Å². The first-order chi connectivity index (χ1) is 13.9. The standard InChI is InChI=1S/C24H30N2O2/c1-2-7-22-19(4-1)5-3-6-20(22)10-11-25-12-14-26(15-13-25)21-8-9-23-24(18-21)28-17-16-27-23/h1-2,4,7-9,18,20H,3,5-6,10-17H2. The molecule has 2 aromatic rings. The Hall–Kier alpha value is -2.20. The molecule has 0 spiro atoms. The predicted molar refractivity (Wildman–Crippen MR) is 113 cm³/mol. The van der Waals surface area contributed by atoms with Crippen molar-refractivity contribution in [3.8, 4) is 11.5 Å². The Labute approximate surface area is 168 Å². The summed E-state index contributed by atoms with van der Waals surface area (Å²) < 4.78 is 11.4. The van der Waals surface area contributed by atoms with E-state index in [2.05, 4.69) is 52.3 Å². The third-order valence-corrected chi connectivity index (χ3v) is 6.55. The van der Waals surface area contributed by atoms with E-state index < -0.39 is 0 Å². The van der Waals surface area contributed by atoms with Crippen molar-refractivity contribution < 1.29 is 9.47 Å². The highest BCUT2D eigenvalue weighted by Gasteiger charge is 2.23. The van der Waals surface area contributed by atoms with Gasteiger partial charge in [0.2, 0.25) is 0 Å². The van der Waals surface area contributed by atoms with Crippen LogP contribution < -0.4 is 14.4 Å². The quantitative estimate of drug-likeness (QED) is 0.800. The lowest BCUT2D eigenvalue weighted by Crippen LogP contribution is -2.46. The number of anilines is 1. The van der Waals surface area contributed by atoms with E-state index >= 15 is 0 Å². The summed E-state index contributed by atoms with van der Waals surface area (Å²) in [6.45, 7) is 6.96.